The zero-order valence-electron chi connectivity index (χ0n) is 12.2. The quantitative estimate of drug-likeness (QED) is 0.765. The number of benzene rings is 1. The van der Waals surface area contributed by atoms with E-state index in [1.807, 2.05) is 5.38 Å². The minimum Gasteiger partial charge on any atom is -0.392 e. The Labute approximate surface area is 132 Å². The molecule has 1 heterocycles. The number of anilines is 1. The Hall–Kier alpha value is -1.99. The van der Waals surface area contributed by atoms with E-state index in [-0.39, 0.29) is 24.7 Å². The fraction of sp³-hybridized carbons (Fsp3) is 0.333. The van der Waals surface area contributed by atoms with Crippen molar-refractivity contribution in [3.8, 4) is 0 Å². The Morgan fingerprint density at radius 2 is 2.27 bits per heavy atom. The first-order valence-corrected chi connectivity index (χ1v) is 7.87. The maximum absolute atomic E-state index is 13.3. The summed E-state index contributed by atoms with van der Waals surface area (Å²) < 4.78 is 13.3. The lowest BCUT2D eigenvalue weighted by molar-refractivity contribution is 0.251. The number of aliphatic hydroxyl groups excluding tert-OH is 1. The highest BCUT2D eigenvalue weighted by atomic mass is 32.1. The Balaban J connectivity index is 1.86. The molecule has 1 aromatic heterocycles. The summed E-state index contributed by atoms with van der Waals surface area (Å²) in [5.74, 6) is -0.457. The third-order valence-corrected chi connectivity index (χ3v) is 3.82. The second-order valence-corrected chi connectivity index (χ2v) is 5.64. The summed E-state index contributed by atoms with van der Waals surface area (Å²) >= 11 is 1.38. The summed E-state index contributed by atoms with van der Waals surface area (Å²) in [5, 5.41) is 16.8. The van der Waals surface area contributed by atoms with Gasteiger partial charge in [0.1, 0.15) is 5.82 Å². The highest BCUT2D eigenvalue weighted by Gasteiger charge is 2.07. The number of thiazole rings is 1. The Morgan fingerprint density at radius 1 is 1.45 bits per heavy atom. The van der Waals surface area contributed by atoms with Gasteiger partial charge in [0.25, 0.3) is 0 Å². The molecule has 5 nitrogen and oxygen atoms in total. The fourth-order valence-corrected chi connectivity index (χ4v) is 2.66. The van der Waals surface area contributed by atoms with Gasteiger partial charge in [-0.05, 0) is 24.1 Å². The van der Waals surface area contributed by atoms with Crippen molar-refractivity contribution in [2.24, 2.45) is 0 Å². The first-order valence-electron chi connectivity index (χ1n) is 6.99. The summed E-state index contributed by atoms with van der Waals surface area (Å²) in [6, 6.07) is 4.00. The van der Waals surface area contributed by atoms with E-state index in [0.29, 0.717) is 10.7 Å². The van der Waals surface area contributed by atoms with E-state index in [9.17, 15) is 9.18 Å². The molecule has 0 atom stereocenters. The SMILES string of the molecule is CCCc1csc(NC(=O)NCc2ccc(F)c(CO)c2)n1. The van der Waals surface area contributed by atoms with Gasteiger partial charge in [-0.25, -0.2) is 14.2 Å². The van der Waals surface area contributed by atoms with E-state index in [0.717, 1.165) is 18.5 Å². The molecule has 2 rings (SSSR count). The van der Waals surface area contributed by atoms with Gasteiger partial charge in [-0.3, -0.25) is 5.32 Å². The number of aliphatic hydroxyl groups is 1. The van der Waals surface area contributed by atoms with E-state index >= 15 is 0 Å². The number of amides is 2. The number of aromatic nitrogens is 1. The van der Waals surface area contributed by atoms with E-state index in [1.165, 1.54) is 23.5 Å². The first kappa shape index (κ1) is 16.4. The van der Waals surface area contributed by atoms with E-state index in [4.69, 9.17) is 5.11 Å². The normalized spacial score (nSPS) is 10.5. The number of halogens is 1. The van der Waals surface area contributed by atoms with Crippen LogP contribution in [0.25, 0.3) is 0 Å². The van der Waals surface area contributed by atoms with Crippen LogP contribution in [0.3, 0.4) is 0 Å². The smallest absolute Gasteiger partial charge is 0.321 e. The summed E-state index contributed by atoms with van der Waals surface area (Å²) in [6.07, 6.45) is 1.90. The lowest BCUT2D eigenvalue weighted by atomic mass is 10.1. The fourth-order valence-electron chi connectivity index (χ4n) is 1.92. The van der Waals surface area contributed by atoms with Crippen LogP contribution >= 0.6 is 11.3 Å². The molecule has 0 spiro atoms. The molecular formula is C15H18FN3O2S. The average molecular weight is 323 g/mol. The summed E-state index contributed by atoms with van der Waals surface area (Å²) in [5.41, 5.74) is 1.89. The van der Waals surface area contributed by atoms with Crippen LogP contribution in [0.15, 0.2) is 23.6 Å². The van der Waals surface area contributed by atoms with Crippen molar-refractivity contribution < 1.29 is 14.3 Å². The molecule has 0 unspecified atom stereocenters. The Morgan fingerprint density at radius 3 is 3.00 bits per heavy atom. The van der Waals surface area contributed by atoms with Gasteiger partial charge in [0.2, 0.25) is 0 Å². The molecule has 118 valence electrons. The molecule has 0 radical (unpaired) electrons. The van der Waals surface area contributed by atoms with E-state index < -0.39 is 5.82 Å². The van der Waals surface area contributed by atoms with Gasteiger partial charge in [-0.15, -0.1) is 11.3 Å². The lowest BCUT2D eigenvalue weighted by Gasteiger charge is -2.07. The molecule has 0 aliphatic heterocycles. The Kier molecular flexibility index (Phi) is 5.85. The molecule has 0 bridgehead atoms. The number of urea groups is 1. The van der Waals surface area contributed by atoms with E-state index in [2.05, 4.69) is 22.5 Å². The molecule has 2 amide bonds. The molecule has 0 saturated carbocycles. The number of aryl methyl sites for hydroxylation is 1. The van der Waals surface area contributed by atoms with Crippen molar-refractivity contribution in [3.63, 3.8) is 0 Å². The molecule has 0 aliphatic carbocycles. The van der Waals surface area contributed by atoms with Crippen LogP contribution < -0.4 is 10.6 Å². The lowest BCUT2D eigenvalue weighted by Crippen LogP contribution is -2.28. The van der Waals surface area contributed by atoms with Gasteiger partial charge in [0.15, 0.2) is 5.13 Å². The highest BCUT2D eigenvalue weighted by molar-refractivity contribution is 7.13. The number of nitrogens with zero attached hydrogens (tertiary/aromatic N) is 1. The number of hydrogen-bond acceptors (Lipinski definition) is 4. The van der Waals surface area contributed by atoms with Crippen LogP contribution in [0.1, 0.15) is 30.2 Å². The largest absolute Gasteiger partial charge is 0.392 e. The maximum atomic E-state index is 13.3. The minimum absolute atomic E-state index is 0.212. The van der Waals surface area contributed by atoms with Crippen LogP contribution in [-0.4, -0.2) is 16.1 Å². The van der Waals surface area contributed by atoms with Gasteiger partial charge in [0, 0.05) is 17.5 Å². The molecule has 2 aromatic rings. The Bertz CT molecular complexity index is 645. The van der Waals surface area contributed by atoms with Crippen molar-refractivity contribution >= 4 is 22.5 Å². The number of rotatable bonds is 6. The number of carbonyl (C=O) groups is 1. The molecule has 7 heteroatoms. The van der Waals surface area contributed by atoms with Gasteiger partial charge in [-0.2, -0.15) is 0 Å². The number of carbonyl (C=O) groups excluding carboxylic acids is 1. The van der Waals surface area contributed by atoms with Crippen molar-refractivity contribution in [2.45, 2.75) is 32.9 Å². The third kappa shape index (κ3) is 4.51. The van der Waals surface area contributed by atoms with Crippen LogP contribution in [0.4, 0.5) is 14.3 Å². The minimum atomic E-state index is -0.457. The molecule has 0 saturated heterocycles. The second-order valence-electron chi connectivity index (χ2n) is 4.79. The number of nitrogens with one attached hydrogen (secondary N) is 2. The monoisotopic (exact) mass is 323 g/mol. The summed E-state index contributed by atoms with van der Waals surface area (Å²) in [7, 11) is 0. The van der Waals surface area contributed by atoms with Crippen molar-refractivity contribution in [1.82, 2.24) is 10.3 Å². The summed E-state index contributed by atoms with van der Waals surface area (Å²) in [6.45, 7) is 1.94. The van der Waals surface area contributed by atoms with Gasteiger partial charge in [0.05, 0.1) is 12.3 Å². The van der Waals surface area contributed by atoms with Crippen LogP contribution in [0, 0.1) is 5.82 Å². The van der Waals surface area contributed by atoms with Crippen molar-refractivity contribution in [3.05, 3.63) is 46.2 Å². The predicted octanol–water partition coefficient (Wildman–Crippen LogP) is 3.05. The first-order chi connectivity index (χ1) is 10.6. The van der Waals surface area contributed by atoms with Crippen molar-refractivity contribution in [2.75, 3.05) is 5.32 Å². The molecule has 3 N–H and O–H groups in total. The zero-order chi connectivity index (χ0) is 15.9. The van der Waals surface area contributed by atoms with E-state index in [1.54, 1.807) is 6.07 Å². The molecule has 0 fully saturated rings. The molecule has 22 heavy (non-hydrogen) atoms. The van der Waals surface area contributed by atoms with Gasteiger partial charge >= 0.3 is 6.03 Å². The summed E-state index contributed by atoms with van der Waals surface area (Å²) in [4.78, 5) is 16.1. The van der Waals surface area contributed by atoms with Crippen LogP contribution in [0.2, 0.25) is 0 Å². The van der Waals surface area contributed by atoms with Gasteiger partial charge < -0.3 is 10.4 Å². The third-order valence-electron chi connectivity index (χ3n) is 3.01. The maximum Gasteiger partial charge on any atom is 0.321 e. The predicted molar refractivity (Wildman–Crippen MR) is 84.3 cm³/mol. The van der Waals surface area contributed by atoms with Gasteiger partial charge in [-0.1, -0.05) is 19.4 Å². The topological polar surface area (TPSA) is 74.2 Å². The standard InChI is InChI=1S/C15H18FN3O2S/c1-2-3-12-9-22-15(18-12)19-14(21)17-7-10-4-5-13(16)11(6-10)8-20/h4-6,9,20H,2-3,7-8H2,1H3,(H2,17,18,19,21). The second kappa shape index (κ2) is 7.86. The van der Waals surface area contributed by atoms with Crippen molar-refractivity contribution in [1.29, 1.82) is 0 Å². The van der Waals surface area contributed by atoms with Crippen LogP contribution in [-0.2, 0) is 19.6 Å². The molecule has 0 aliphatic rings. The zero-order valence-corrected chi connectivity index (χ0v) is 13.0. The molecule has 1 aromatic carbocycles. The highest BCUT2D eigenvalue weighted by Crippen LogP contribution is 2.16. The average Bonchev–Trinajstić information content (AvgIpc) is 2.94. The van der Waals surface area contributed by atoms with Crippen LogP contribution in [0.5, 0.6) is 0 Å². The number of hydrogen-bond donors (Lipinski definition) is 3. The molecular weight excluding hydrogens is 305 g/mol.